The van der Waals surface area contributed by atoms with Crippen LogP contribution in [0.15, 0.2) is 0 Å². The first-order valence-electron chi connectivity index (χ1n) is 2.62. The van der Waals surface area contributed by atoms with E-state index in [4.69, 9.17) is 0 Å². The molecule has 44 valence electrons. The van der Waals surface area contributed by atoms with Crippen LogP contribution in [-0.2, 0) is 24.1 Å². The molecule has 2 nitrogen and oxygen atoms in total. The summed E-state index contributed by atoms with van der Waals surface area (Å²) >= 11 is 1.40. The Bertz CT molecular complexity index is 118. The van der Waals surface area contributed by atoms with E-state index >= 15 is 0 Å². The Morgan fingerprint density at radius 2 is 2.25 bits per heavy atom. The van der Waals surface area contributed by atoms with Gasteiger partial charge in [-0.05, 0) is 0 Å². The van der Waals surface area contributed by atoms with E-state index < -0.39 is 0 Å². The number of nitrogens with one attached hydrogen (secondary N) is 1. The number of carbonyl (C=O) groups is 1. The normalized spacial score (nSPS) is 20.5. The maximum atomic E-state index is 10.6. The Morgan fingerprint density at radius 3 is 2.62 bits per heavy atom. The van der Waals surface area contributed by atoms with Gasteiger partial charge in [-0.3, -0.25) is 0 Å². The first-order chi connectivity index (χ1) is 3.79. The van der Waals surface area contributed by atoms with Crippen LogP contribution in [0.3, 0.4) is 0 Å². The number of rotatable bonds is 0. The van der Waals surface area contributed by atoms with E-state index in [0.29, 0.717) is 0 Å². The van der Waals surface area contributed by atoms with Crippen molar-refractivity contribution in [1.29, 1.82) is 0 Å². The first kappa shape index (κ1) is 6.15. The van der Waals surface area contributed by atoms with Gasteiger partial charge in [-0.2, -0.15) is 0 Å². The van der Waals surface area contributed by atoms with E-state index in [1.807, 2.05) is 0 Å². The van der Waals surface area contributed by atoms with Crippen LogP contribution in [-0.4, -0.2) is 9.93 Å². The summed E-state index contributed by atoms with van der Waals surface area (Å²) in [6, 6.07) is 0. The number of carbonyl (C=O) groups excluding carboxylic acids is 1. The molecule has 0 aromatic carbocycles. The monoisotopic (exact) mass is 281 g/mol. The Balaban J connectivity index is 2.45. The quantitative estimate of drug-likeness (QED) is 0.663. The molecule has 0 unspecified atom stereocenters. The van der Waals surface area contributed by atoms with Gasteiger partial charge in [0.15, 0.2) is 0 Å². The molecular weight excluding hydrogens is 274 g/mol. The Morgan fingerprint density at radius 1 is 1.50 bits per heavy atom. The average molecular weight is 281 g/mol. The predicted molar refractivity (Wildman–Crippen MR) is 27.0 cm³/mol. The summed E-state index contributed by atoms with van der Waals surface area (Å²) in [4.78, 5) is 10.6. The number of amides is 1. The van der Waals surface area contributed by atoms with Gasteiger partial charge in [0.2, 0.25) is 0 Å². The molecule has 1 fully saturated rings. The molecule has 1 N–H and O–H groups in total. The molecule has 3 heteroatoms. The molecule has 0 aromatic rings. The first-order valence-corrected chi connectivity index (χ1v) is 4.08. The van der Waals surface area contributed by atoms with Crippen molar-refractivity contribution in [3.8, 4) is 0 Å². The van der Waals surface area contributed by atoms with Crippen molar-refractivity contribution in [3.63, 3.8) is 0 Å². The molecule has 1 aliphatic rings. The van der Waals surface area contributed by atoms with Gasteiger partial charge in [-0.25, -0.2) is 0 Å². The van der Waals surface area contributed by atoms with Gasteiger partial charge in [0, 0.05) is 0 Å². The van der Waals surface area contributed by atoms with E-state index in [1.165, 1.54) is 23.4 Å². The molecule has 0 atom stereocenters. The second kappa shape index (κ2) is 2.54. The summed E-state index contributed by atoms with van der Waals surface area (Å²) in [6.45, 7) is 0. The maximum absolute atomic E-state index is 10.6. The van der Waals surface area contributed by atoms with Crippen LogP contribution in [0.1, 0.15) is 19.3 Å². The number of hydrogen-bond acceptors (Lipinski definition) is 1. The minimum absolute atomic E-state index is 0.196. The fraction of sp³-hybridized carbons (Fsp3) is 0.600. The van der Waals surface area contributed by atoms with Crippen LogP contribution < -0.4 is 5.32 Å². The molecule has 1 rings (SSSR count). The Kier molecular flexibility index (Phi) is 1.95. The van der Waals surface area contributed by atoms with Gasteiger partial charge in [-0.15, -0.1) is 0 Å². The summed E-state index contributed by atoms with van der Waals surface area (Å²) in [5.41, 5.74) is 0. The molecule has 0 aromatic heterocycles. The van der Waals surface area contributed by atoms with Crippen LogP contribution in [0.25, 0.3) is 0 Å². The van der Waals surface area contributed by atoms with Crippen molar-refractivity contribution in [3.05, 3.63) is 0 Å². The second-order valence-corrected chi connectivity index (χ2v) is 3.60. The molecule has 0 spiro atoms. The molecule has 1 heterocycles. The van der Waals surface area contributed by atoms with E-state index in [9.17, 15) is 4.79 Å². The van der Waals surface area contributed by atoms with Crippen molar-refractivity contribution < 1.29 is 24.1 Å². The molecule has 0 radical (unpaired) electrons. The van der Waals surface area contributed by atoms with E-state index in [0.717, 1.165) is 19.3 Å². The van der Waals surface area contributed by atoms with Crippen LogP contribution in [0.5, 0.6) is 0 Å². The van der Waals surface area contributed by atoms with Gasteiger partial charge in [0.05, 0.1) is 0 Å². The fourth-order valence-electron chi connectivity index (χ4n) is 0.690. The zero-order valence-corrected chi connectivity index (χ0v) is 7.37. The van der Waals surface area contributed by atoms with Crippen LogP contribution >= 0.6 is 0 Å². The van der Waals surface area contributed by atoms with Crippen molar-refractivity contribution in [1.82, 2.24) is 5.32 Å². The van der Waals surface area contributed by atoms with Gasteiger partial charge in [-0.1, -0.05) is 0 Å². The van der Waals surface area contributed by atoms with Crippen molar-refractivity contribution >= 4 is 9.93 Å². The van der Waals surface area contributed by atoms with Crippen molar-refractivity contribution in [2.45, 2.75) is 19.3 Å². The zero-order chi connectivity index (χ0) is 5.98. The van der Waals surface area contributed by atoms with Gasteiger partial charge in [0.1, 0.15) is 0 Å². The zero-order valence-electron chi connectivity index (χ0n) is 4.44. The van der Waals surface area contributed by atoms with E-state index in [2.05, 4.69) is 5.32 Å². The van der Waals surface area contributed by atoms with Crippen LogP contribution in [0.4, 0.5) is 0 Å². The number of piperidine rings is 1. The molecule has 0 bridgehead atoms. The Hall–Kier alpha value is 0.0283. The average Bonchev–Trinajstić information content (AvgIpc) is 1.64. The Labute approximate surface area is 59.1 Å². The summed E-state index contributed by atoms with van der Waals surface area (Å²) in [5, 5.41) is 2.79. The summed E-state index contributed by atoms with van der Waals surface area (Å²) < 4.78 is 1.20. The molecular formula is C5H7NOW. The SMILES string of the molecule is O=C1CCC[C](=[W])N1. The molecule has 8 heavy (non-hydrogen) atoms. The van der Waals surface area contributed by atoms with Crippen molar-refractivity contribution in [2.75, 3.05) is 0 Å². The van der Waals surface area contributed by atoms with Gasteiger partial charge < -0.3 is 0 Å². The fourth-order valence-corrected chi connectivity index (χ4v) is 1.62. The third-order valence-corrected chi connectivity index (χ3v) is 2.19. The van der Waals surface area contributed by atoms with Crippen LogP contribution in [0.2, 0.25) is 0 Å². The topological polar surface area (TPSA) is 29.1 Å². The van der Waals surface area contributed by atoms with Gasteiger partial charge >= 0.3 is 58.7 Å². The standard InChI is InChI=1S/C5H7NO.W/c7-5-3-1-2-4-6-5;/h1-3H2,(H,6,7);. The number of hydrogen-bond donors (Lipinski definition) is 1. The summed E-state index contributed by atoms with van der Waals surface area (Å²) in [6.07, 6.45) is 2.86. The van der Waals surface area contributed by atoms with Crippen LogP contribution in [0, 0.1) is 0 Å². The molecule has 1 amide bonds. The molecule has 1 aliphatic heterocycles. The third kappa shape index (κ3) is 1.52. The van der Waals surface area contributed by atoms with Gasteiger partial charge in [0.25, 0.3) is 0 Å². The second-order valence-electron chi connectivity index (χ2n) is 1.82. The minimum atomic E-state index is 0.196. The summed E-state index contributed by atoms with van der Waals surface area (Å²) in [7, 11) is 0. The molecule has 1 saturated heterocycles. The molecule has 0 saturated carbocycles. The van der Waals surface area contributed by atoms with Crippen molar-refractivity contribution in [2.24, 2.45) is 0 Å². The van der Waals surface area contributed by atoms with E-state index in [1.54, 1.807) is 0 Å². The summed E-state index contributed by atoms with van der Waals surface area (Å²) in [5.74, 6) is 0.196. The molecule has 0 aliphatic carbocycles. The predicted octanol–water partition coefficient (Wildman–Crippen LogP) is -0.0368. The van der Waals surface area contributed by atoms with E-state index in [-0.39, 0.29) is 5.91 Å². The third-order valence-electron chi connectivity index (χ3n) is 1.09.